The number of anilines is 1. The number of aromatic carboxylic acids is 1. The molecule has 0 radical (unpaired) electrons. The number of hydrogen-bond donors (Lipinski definition) is 2. The SMILES string of the molecule is COc1ccc(C(=O)Nc2cc(C(=O)O)cc(Cl)c2OC)cc1OC. The van der Waals surface area contributed by atoms with E-state index in [4.69, 9.17) is 30.9 Å². The van der Waals surface area contributed by atoms with Crippen molar-refractivity contribution in [1.29, 1.82) is 0 Å². The van der Waals surface area contributed by atoms with Gasteiger partial charge in [-0.05, 0) is 30.3 Å². The van der Waals surface area contributed by atoms with Crippen molar-refractivity contribution in [3.63, 3.8) is 0 Å². The summed E-state index contributed by atoms with van der Waals surface area (Å²) in [5.41, 5.74) is 0.358. The van der Waals surface area contributed by atoms with Crippen molar-refractivity contribution in [2.24, 2.45) is 0 Å². The summed E-state index contributed by atoms with van der Waals surface area (Å²) >= 11 is 6.02. The molecule has 0 saturated carbocycles. The van der Waals surface area contributed by atoms with E-state index >= 15 is 0 Å². The van der Waals surface area contributed by atoms with Crippen molar-refractivity contribution in [2.45, 2.75) is 0 Å². The second kappa shape index (κ2) is 7.76. The van der Waals surface area contributed by atoms with Gasteiger partial charge in [-0.15, -0.1) is 0 Å². The summed E-state index contributed by atoms with van der Waals surface area (Å²) in [4.78, 5) is 23.7. The maximum atomic E-state index is 12.5. The first kappa shape index (κ1) is 18.4. The molecule has 132 valence electrons. The van der Waals surface area contributed by atoms with E-state index in [1.165, 1.54) is 39.5 Å². The highest BCUT2D eigenvalue weighted by Crippen LogP contribution is 2.35. The van der Waals surface area contributed by atoms with Crippen molar-refractivity contribution in [1.82, 2.24) is 0 Å². The maximum Gasteiger partial charge on any atom is 0.335 e. The van der Waals surface area contributed by atoms with Crippen molar-refractivity contribution < 1.29 is 28.9 Å². The van der Waals surface area contributed by atoms with E-state index in [2.05, 4.69) is 5.32 Å². The van der Waals surface area contributed by atoms with Crippen LogP contribution in [0.1, 0.15) is 20.7 Å². The molecule has 2 aromatic rings. The summed E-state index contributed by atoms with van der Waals surface area (Å²) < 4.78 is 15.4. The molecular weight excluding hydrogens is 350 g/mol. The number of benzene rings is 2. The lowest BCUT2D eigenvalue weighted by Crippen LogP contribution is -2.14. The van der Waals surface area contributed by atoms with Gasteiger partial charge in [0.15, 0.2) is 17.2 Å². The Hall–Kier alpha value is -2.93. The van der Waals surface area contributed by atoms with Crippen LogP contribution in [0.25, 0.3) is 0 Å². The Morgan fingerprint density at radius 3 is 2.20 bits per heavy atom. The van der Waals surface area contributed by atoms with Gasteiger partial charge in [-0.2, -0.15) is 0 Å². The van der Waals surface area contributed by atoms with Crippen molar-refractivity contribution in [2.75, 3.05) is 26.6 Å². The van der Waals surface area contributed by atoms with Crippen LogP contribution in [-0.4, -0.2) is 38.3 Å². The fraction of sp³-hybridized carbons (Fsp3) is 0.176. The molecule has 0 aliphatic rings. The van der Waals surface area contributed by atoms with E-state index in [-0.39, 0.29) is 27.6 Å². The Labute approximate surface area is 149 Å². The molecule has 0 aliphatic heterocycles. The fourth-order valence-electron chi connectivity index (χ4n) is 2.19. The molecule has 0 aromatic heterocycles. The maximum absolute atomic E-state index is 12.5. The zero-order valence-corrected chi connectivity index (χ0v) is 14.5. The van der Waals surface area contributed by atoms with Crippen LogP contribution < -0.4 is 19.5 Å². The number of amides is 1. The average Bonchev–Trinajstić information content (AvgIpc) is 2.60. The number of hydrogen-bond acceptors (Lipinski definition) is 5. The normalized spacial score (nSPS) is 10.1. The topological polar surface area (TPSA) is 94.1 Å². The molecule has 2 rings (SSSR count). The van der Waals surface area contributed by atoms with Gasteiger partial charge < -0.3 is 24.6 Å². The lowest BCUT2D eigenvalue weighted by atomic mass is 10.1. The van der Waals surface area contributed by atoms with Crippen LogP contribution in [0.15, 0.2) is 30.3 Å². The zero-order valence-electron chi connectivity index (χ0n) is 13.8. The van der Waals surface area contributed by atoms with Crippen molar-refractivity contribution in [3.8, 4) is 17.2 Å². The second-order valence-corrected chi connectivity index (χ2v) is 5.28. The monoisotopic (exact) mass is 365 g/mol. The first-order valence-corrected chi connectivity index (χ1v) is 7.43. The van der Waals surface area contributed by atoms with E-state index in [0.717, 1.165) is 0 Å². The van der Waals surface area contributed by atoms with Crippen LogP contribution in [0.3, 0.4) is 0 Å². The summed E-state index contributed by atoms with van der Waals surface area (Å²) in [6, 6.07) is 7.15. The predicted octanol–water partition coefficient (Wildman–Crippen LogP) is 3.32. The molecule has 1 amide bonds. The van der Waals surface area contributed by atoms with E-state index in [9.17, 15) is 9.59 Å². The van der Waals surface area contributed by atoms with Gasteiger partial charge in [0.25, 0.3) is 5.91 Å². The average molecular weight is 366 g/mol. The Morgan fingerprint density at radius 1 is 0.960 bits per heavy atom. The van der Waals surface area contributed by atoms with Crippen LogP contribution in [0.2, 0.25) is 5.02 Å². The van der Waals surface area contributed by atoms with Crippen LogP contribution in [0, 0.1) is 0 Å². The van der Waals surface area contributed by atoms with Gasteiger partial charge in [0, 0.05) is 5.56 Å². The Morgan fingerprint density at radius 2 is 1.64 bits per heavy atom. The van der Waals surface area contributed by atoms with E-state index < -0.39 is 11.9 Å². The fourth-order valence-corrected chi connectivity index (χ4v) is 2.49. The number of ether oxygens (including phenoxy) is 3. The number of carboxylic acids is 1. The third kappa shape index (κ3) is 3.95. The first-order valence-electron chi connectivity index (χ1n) is 7.05. The highest BCUT2D eigenvalue weighted by molar-refractivity contribution is 6.33. The second-order valence-electron chi connectivity index (χ2n) is 4.87. The lowest BCUT2D eigenvalue weighted by molar-refractivity contribution is 0.0696. The number of halogens is 1. The molecule has 0 bridgehead atoms. The molecule has 0 atom stereocenters. The molecule has 8 heteroatoms. The van der Waals surface area contributed by atoms with Crippen LogP contribution in [-0.2, 0) is 0 Å². The Balaban J connectivity index is 2.39. The molecule has 0 spiro atoms. The van der Waals surface area contributed by atoms with Gasteiger partial charge in [0.1, 0.15) is 0 Å². The standard InChI is InChI=1S/C17H16ClNO6/c1-23-13-5-4-9(8-14(13)24-2)16(20)19-12-7-10(17(21)22)6-11(18)15(12)25-3/h4-8H,1-3H3,(H,19,20)(H,21,22). The van der Waals surface area contributed by atoms with Gasteiger partial charge in [-0.25, -0.2) is 4.79 Å². The smallest absolute Gasteiger partial charge is 0.335 e. The summed E-state index contributed by atoms with van der Waals surface area (Å²) in [7, 11) is 4.31. The molecule has 2 aromatic carbocycles. The molecule has 0 saturated heterocycles. The largest absolute Gasteiger partial charge is 0.493 e. The van der Waals surface area contributed by atoms with Gasteiger partial charge >= 0.3 is 5.97 Å². The van der Waals surface area contributed by atoms with E-state index in [1.807, 2.05) is 0 Å². The van der Waals surface area contributed by atoms with Crippen molar-refractivity contribution in [3.05, 3.63) is 46.5 Å². The molecular formula is C17H16ClNO6. The molecule has 25 heavy (non-hydrogen) atoms. The minimum absolute atomic E-state index is 0.0741. The van der Waals surface area contributed by atoms with Gasteiger partial charge in [-0.1, -0.05) is 11.6 Å². The summed E-state index contributed by atoms with van der Waals surface area (Å²) in [5, 5.41) is 11.8. The zero-order chi connectivity index (χ0) is 18.6. The minimum atomic E-state index is -1.17. The number of rotatable bonds is 6. The lowest BCUT2D eigenvalue weighted by Gasteiger charge is -2.14. The highest BCUT2D eigenvalue weighted by Gasteiger charge is 2.17. The third-order valence-corrected chi connectivity index (χ3v) is 3.67. The van der Waals surface area contributed by atoms with Crippen LogP contribution in [0.5, 0.6) is 17.2 Å². The van der Waals surface area contributed by atoms with Crippen LogP contribution >= 0.6 is 11.6 Å². The quantitative estimate of drug-likeness (QED) is 0.815. The predicted molar refractivity (Wildman–Crippen MR) is 92.5 cm³/mol. The highest BCUT2D eigenvalue weighted by atomic mass is 35.5. The van der Waals surface area contributed by atoms with Gasteiger partial charge in [-0.3, -0.25) is 4.79 Å². The number of nitrogens with one attached hydrogen (secondary N) is 1. The Bertz CT molecular complexity index is 821. The number of carbonyl (C=O) groups excluding carboxylic acids is 1. The molecule has 7 nitrogen and oxygen atoms in total. The first-order chi connectivity index (χ1) is 11.9. The molecule has 0 fully saturated rings. The summed E-state index contributed by atoms with van der Waals surface area (Å²) in [5.74, 6) is -0.628. The molecule has 2 N–H and O–H groups in total. The molecule has 0 unspecified atom stereocenters. The molecule has 0 aliphatic carbocycles. The van der Waals surface area contributed by atoms with Crippen molar-refractivity contribution >= 4 is 29.2 Å². The number of carbonyl (C=O) groups is 2. The van der Waals surface area contributed by atoms with E-state index in [1.54, 1.807) is 12.1 Å². The van der Waals surface area contributed by atoms with Crippen LogP contribution in [0.4, 0.5) is 5.69 Å². The number of methoxy groups -OCH3 is 3. The van der Waals surface area contributed by atoms with Gasteiger partial charge in [0.05, 0.1) is 37.6 Å². The Kier molecular flexibility index (Phi) is 5.71. The molecule has 0 heterocycles. The number of carboxylic acid groups (broad SMARTS) is 1. The third-order valence-electron chi connectivity index (χ3n) is 3.39. The van der Waals surface area contributed by atoms with E-state index in [0.29, 0.717) is 11.5 Å². The summed E-state index contributed by atoms with van der Waals surface area (Å²) in [6.45, 7) is 0. The van der Waals surface area contributed by atoms with Gasteiger partial charge in [0.2, 0.25) is 0 Å². The summed E-state index contributed by atoms with van der Waals surface area (Å²) in [6.07, 6.45) is 0. The minimum Gasteiger partial charge on any atom is -0.493 e.